The smallest absolute Gasteiger partial charge is 0.121 e. The first-order valence-electron chi connectivity index (χ1n) is 4.58. The van der Waals surface area contributed by atoms with Gasteiger partial charge in [0.15, 0.2) is 0 Å². The predicted molar refractivity (Wildman–Crippen MR) is 46.9 cm³/mol. The van der Waals surface area contributed by atoms with Gasteiger partial charge in [-0.05, 0) is 18.9 Å². The van der Waals surface area contributed by atoms with Crippen molar-refractivity contribution in [2.75, 3.05) is 19.7 Å². The Morgan fingerprint density at radius 1 is 1.67 bits per heavy atom. The van der Waals surface area contributed by atoms with Gasteiger partial charge < -0.3 is 9.90 Å². The Hall–Kier alpha value is -0.410. The van der Waals surface area contributed by atoms with Crippen LogP contribution >= 0.6 is 0 Å². The molecule has 1 rings (SSSR count). The van der Waals surface area contributed by atoms with Crippen molar-refractivity contribution >= 4 is 6.29 Å². The number of hydrogen-bond acceptors (Lipinski definition) is 3. The Bertz CT molecular complexity index is 149. The molecular weight excluding hydrogens is 154 g/mol. The molecule has 0 aromatic heterocycles. The van der Waals surface area contributed by atoms with E-state index < -0.39 is 0 Å². The molecule has 2 unspecified atom stereocenters. The molecule has 3 heteroatoms. The monoisotopic (exact) mass is 171 g/mol. The highest BCUT2D eigenvalue weighted by Gasteiger charge is 2.29. The molecule has 1 aliphatic heterocycles. The number of rotatable bonds is 4. The molecule has 0 saturated carbocycles. The maximum absolute atomic E-state index is 10.1. The third-order valence-electron chi connectivity index (χ3n) is 2.72. The van der Waals surface area contributed by atoms with Crippen molar-refractivity contribution in [3.05, 3.63) is 0 Å². The Morgan fingerprint density at radius 2 is 2.42 bits per heavy atom. The largest absolute Gasteiger partial charge is 0.395 e. The average molecular weight is 171 g/mol. The van der Waals surface area contributed by atoms with Crippen molar-refractivity contribution in [1.82, 2.24) is 4.90 Å². The molecule has 0 aromatic carbocycles. The number of hydrogen-bond donors (Lipinski definition) is 1. The summed E-state index contributed by atoms with van der Waals surface area (Å²) in [5.74, 6) is 0.571. The van der Waals surface area contributed by atoms with E-state index in [9.17, 15) is 4.79 Å². The second kappa shape index (κ2) is 4.58. The molecule has 1 N–H and O–H groups in total. The lowest BCUT2D eigenvalue weighted by molar-refractivity contribution is -0.108. The zero-order valence-corrected chi connectivity index (χ0v) is 7.57. The third kappa shape index (κ3) is 2.05. The van der Waals surface area contributed by atoms with Gasteiger partial charge in [-0.1, -0.05) is 6.92 Å². The van der Waals surface area contributed by atoms with E-state index in [0.29, 0.717) is 12.3 Å². The van der Waals surface area contributed by atoms with Crippen LogP contribution in [0.25, 0.3) is 0 Å². The molecular formula is C9H17NO2. The van der Waals surface area contributed by atoms with Crippen molar-refractivity contribution in [2.24, 2.45) is 5.92 Å². The second-order valence-electron chi connectivity index (χ2n) is 3.51. The highest BCUT2D eigenvalue weighted by Crippen LogP contribution is 2.22. The van der Waals surface area contributed by atoms with E-state index in [0.717, 1.165) is 25.8 Å². The SMILES string of the molecule is CC1CCN(CCC=O)C1CO. The molecule has 1 fully saturated rings. The second-order valence-corrected chi connectivity index (χ2v) is 3.51. The lowest BCUT2D eigenvalue weighted by Gasteiger charge is -2.23. The molecule has 0 radical (unpaired) electrons. The van der Waals surface area contributed by atoms with Gasteiger partial charge in [-0.3, -0.25) is 4.90 Å². The molecule has 0 aliphatic carbocycles. The summed E-state index contributed by atoms with van der Waals surface area (Å²) in [5.41, 5.74) is 0. The molecule has 70 valence electrons. The predicted octanol–water partition coefficient (Wildman–Crippen LogP) is 0.278. The van der Waals surface area contributed by atoms with Crippen LogP contribution < -0.4 is 0 Å². The van der Waals surface area contributed by atoms with Gasteiger partial charge in [0.25, 0.3) is 0 Å². The lowest BCUT2D eigenvalue weighted by atomic mass is 10.0. The van der Waals surface area contributed by atoms with E-state index in [4.69, 9.17) is 5.11 Å². The topological polar surface area (TPSA) is 40.5 Å². The number of likely N-dealkylation sites (tertiary alicyclic amines) is 1. The number of aldehydes is 1. The van der Waals surface area contributed by atoms with E-state index in [1.807, 2.05) is 0 Å². The van der Waals surface area contributed by atoms with Gasteiger partial charge in [0.2, 0.25) is 0 Å². The average Bonchev–Trinajstić information content (AvgIpc) is 2.43. The quantitative estimate of drug-likeness (QED) is 0.618. The van der Waals surface area contributed by atoms with E-state index in [1.165, 1.54) is 0 Å². The number of aliphatic hydroxyl groups excluding tert-OH is 1. The van der Waals surface area contributed by atoms with Crippen LogP contribution in [0.4, 0.5) is 0 Å². The number of aliphatic hydroxyl groups is 1. The minimum atomic E-state index is 0.222. The zero-order valence-electron chi connectivity index (χ0n) is 7.57. The summed E-state index contributed by atoms with van der Waals surface area (Å²) in [6.07, 6.45) is 2.67. The fourth-order valence-corrected chi connectivity index (χ4v) is 1.88. The molecule has 0 amide bonds. The Labute approximate surface area is 73.4 Å². The third-order valence-corrected chi connectivity index (χ3v) is 2.72. The zero-order chi connectivity index (χ0) is 8.97. The highest BCUT2D eigenvalue weighted by molar-refractivity contribution is 5.49. The van der Waals surface area contributed by atoms with Crippen LogP contribution in [0.2, 0.25) is 0 Å². The van der Waals surface area contributed by atoms with Crippen molar-refractivity contribution < 1.29 is 9.90 Å². The molecule has 0 spiro atoms. The van der Waals surface area contributed by atoms with Gasteiger partial charge >= 0.3 is 0 Å². The Balaban J connectivity index is 2.37. The van der Waals surface area contributed by atoms with E-state index in [2.05, 4.69) is 11.8 Å². The first kappa shape index (κ1) is 9.68. The van der Waals surface area contributed by atoms with Crippen LogP contribution in [0.3, 0.4) is 0 Å². The minimum absolute atomic E-state index is 0.222. The fourth-order valence-electron chi connectivity index (χ4n) is 1.88. The minimum Gasteiger partial charge on any atom is -0.395 e. The highest BCUT2D eigenvalue weighted by atomic mass is 16.3. The maximum atomic E-state index is 10.1. The normalized spacial score (nSPS) is 30.8. The summed E-state index contributed by atoms with van der Waals surface area (Å²) < 4.78 is 0. The van der Waals surface area contributed by atoms with Crippen LogP contribution in [-0.4, -0.2) is 42.0 Å². The van der Waals surface area contributed by atoms with Gasteiger partial charge in [-0.2, -0.15) is 0 Å². The van der Waals surface area contributed by atoms with Crippen LogP contribution in [0.1, 0.15) is 19.8 Å². The summed E-state index contributed by atoms with van der Waals surface area (Å²) >= 11 is 0. The Kier molecular flexibility index (Phi) is 3.69. The molecule has 1 heterocycles. The Morgan fingerprint density at radius 3 is 3.00 bits per heavy atom. The molecule has 0 aromatic rings. The van der Waals surface area contributed by atoms with E-state index in [1.54, 1.807) is 0 Å². The number of carbonyl (C=O) groups is 1. The van der Waals surface area contributed by atoms with Crippen LogP contribution in [0.5, 0.6) is 0 Å². The summed E-state index contributed by atoms with van der Waals surface area (Å²) in [7, 11) is 0. The summed E-state index contributed by atoms with van der Waals surface area (Å²) in [5, 5.41) is 9.08. The summed E-state index contributed by atoms with van der Waals surface area (Å²) in [4.78, 5) is 12.4. The van der Waals surface area contributed by atoms with Crippen molar-refractivity contribution in [1.29, 1.82) is 0 Å². The van der Waals surface area contributed by atoms with Crippen molar-refractivity contribution in [3.63, 3.8) is 0 Å². The maximum Gasteiger partial charge on any atom is 0.121 e. The van der Waals surface area contributed by atoms with Crippen molar-refractivity contribution in [3.8, 4) is 0 Å². The van der Waals surface area contributed by atoms with E-state index in [-0.39, 0.29) is 12.6 Å². The summed E-state index contributed by atoms with van der Waals surface area (Å²) in [6.45, 7) is 4.21. The van der Waals surface area contributed by atoms with Crippen molar-refractivity contribution in [2.45, 2.75) is 25.8 Å². The number of carbonyl (C=O) groups excluding carboxylic acids is 1. The standard InChI is InChI=1S/C9H17NO2/c1-8-3-5-10(4-2-6-11)9(8)7-12/h6,8-9,12H,2-5,7H2,1H3. The molecule has 3 nitrogen and oxygen atoms in total. The molecule has 2 atom stereocenters. The molecule has 1 aliphatic rings. The van der Waals surface area contributed by atoms with Gasteiger partial charge in [-0.25, -0.2) is 0 Å². The van der Waals surface area contributed by atoms with Crippen LogP contribution in [0.15, 0.2) is 0 Å². The van der Waals surface area contributed by atoms with Crippen LogP contribution in [0, 0.1) is 5.92 Å². The van der Waals surface area contributed by atoms with Gasteiger partial charge in [-0.15, -0.1) is 0 Å². The molecule has 12 heavy (non-hydrogen) atoms. The first-order valence-corrected chi connectivity index (χ1v) is 4.58. The van der Waals surface area contributed by atoms with E-state index >= 15 is 0 Å². The van der Waals surface area contributed by atoms with Crippen LogP contribution in [-0.2, 0) is 4.79 Å². The van der Waals surface area contributed by atoms with Gasteiger partial charge in [0.1, 0.15) is 6.29 Å². The summed E-state index contributed by atoms with van der Waals surface area (Å²) in [6, 6.07) is 0.282. The fraction of sp³-hybridized carbons (Fsp3) is 0.889. The molecule has 1 saturated heterocycles. The van der Waals surface area contributed by atoms with Gasteiger partial charge in [0.05, 0.1) is 6.61 Å². The first-order chi connectivity index (χ1) is 5.79. The molecule has 0 bridgehead atoms. The lowest BCUT2D eigenvalue weighted by Crippen LogP contribution is -2.35. The number of nitrogens with zero attached hydrogens (tertiary/aromatic N) is 1. The van der Waals surface area contributed by atoms with Gasteiger partial charge in [0, 0.05) is 19.0 Å².